The molecule has 1 atom stereocenters. The summed E-state index contributed by atoms with van der Waals surface area (Å²) < 4.78 is 0. The zero-order valence-corrected chi connectivity index (χ0v) is 9.60. The van der Waals surface area contributed by atoms with Crippen LogP contribution < -0.4 is 0 Å². The molecule has 0 nitrogen and oxygen atoms in total. The number of hydrogen-bond acceptors (Lipinski definition) is 0. The molecule has 0 fully saturated rings. The van der Waals surface area contributed by atoms with Crippen molar-refractivity contribution in [1.29, 1.82) is 0 Å². The molecule has 14 heavy (non-hydrogen) atoms. The highest BCUT2D eigenvalue weighted by molar-refractivity contribution is 5.06. The maximum Gasteiger partial charge on any atom is -0.0199 e. The van der Waals surface area contributed by atoms with Crippen molar-refractivity contribution in [1.82, 2.24) is 0 Å². The third-order valence-electron chi connectivity index (χ3n) is 3.17. The Morgan fingerprint density at radius 3 is 3.07 bits per heavy atom. The van der Waals surface area contributed by atoms with Gasteiger partial charge < -0.3 is 0 Å². The number of allylic oxidation sites excluding steroid dienone is 3. The maximum atomic E-state index is 3.94. The summed E-state index contributed by atoms with van der Waals surface area (Å²) in [6.45, 7) is 6.22. The van der Waals surface area contributed by atoms with E-state index in [4.69, 9.17) is 0 Å². The minimum absolute atomic E-state index is 0.749. The average molecular weight is 192 g/mol. The Kier molecular flexibility index (Phi) is 5.66. The molecule has 0 heteroatoms. The summed E-state index contributed by atoms with van der Waals surface area (Å²) in [7, 11) is 0. The fraction of sp³-hybridized carbons (Fsp3) is 0.714. The van der Waals surface area contributed by atoms with Crippen molar-refractivity contribution in [3.63, 3.8) is 0 Å². The lowest BCUT2D eigenvalue weighted by Gasteiger charge is -2.17. The lowest BCUT2D eigenvalue weighted by atomic mass is 9.88. The number of rotatable bonds is 4. The largest absolute Gasteiger partial charge is 0.103 e. The normalized spacial score (nSPS) is 23.5. The van der Waals surface area contributed by atoms with Gasteiger partial charge in [0.05, 0.1) is 0 Å². The summed E-state index contributed by atoms with van der Waals surface area (Å²) in [5.41, 5.74) is 1.69. The van der Waals surface area contributed by atoms with Gasteiger partial charge in [-0.15, -0.1) is 6.58 Å². The van der Waals surface area contributed by atoms with Gasteiger partial charge in [-0.1, -0.05) is 37.5 Å². The minimum atomic E-state index is 0.749. The maximum absolute atomic E-state index is 3.94. The summed E-state index contributed by atoms with van der Waals surface area (Å²) >= 11 is 0. The second-order valence-electron chi connectivity index (χ2n) is 4.45. The van der Waals surface area contributed by atoms with E-state index in [9.17, 15) is 0 Å². The molecule has 0 saturated carbocycles. The van der Waals surface area contributed by atoms with Gasteiger partial charge in [0.15, 0.2) is 0 Å². The monoisotopic (exact) mass is 192 g/mol. The molecule has 0 aliphatic heterocycles. The highest BCUT2D eigenvalue weighted by Gasteiger charge is 2.09. The van der Waals surface area contributed by atoms with Gasteiger partial charge in [0.2, 0.25) is 0 Å². The van der Waals surface area contributed by atoms with Gasteiger partial charge in [0.25, 0.3) is 0 Å². The first-order valence-corrected chi connectivity index (χ1v) is 6.17. The standard InChI is InChI=1S/C14H24/c1-3-5-9-14-11-8-6-7-10-13(4-2)12-14/h4,11,13H,2-3,5-10,12H2,1H3. The molecular weight excluding hydrogens is 168 g/mol. The molecule has 0 radical (unpaired) electrons. The van der Waals surface area contributed by atoms with Crippen LogP contribution in [0.1, 0.15) is 58.3 Å². The van der Waals surface area contributed by atoms with Crippen LogP contribution in [-0.2, 0) is 0 Å². The van der Waals surface area contributed by atoms with E-state index in [1.165, 1.54) is 51.4 Å². The number of hydrogen-bond donors (Lipinski definition) is 0. The molecule has 0 aromatic heterocycles. The molecule has 1 unspecified atom stereocenters. The van der Waals surface area contributed by atoms with Crippen molar-refractivity contribution in [2.45, 2.75) is 58.3 Å². The molecule has 0 spiro atoms. The Morgan fingerprint density at radius 2 is 2.36 bits per heavy atom. The van der Waals surface area contributed by atoms with Gasteiger partial charge in [0.1, 0.15) is 0 Å². The smallest absolute Gasteiger partial charge is 0.0199 e. The van der Waals surface area contributed by atoms with Crippen LogP contribution in [0.5, 0.6) is 0 Å². The molecule has 0 heterocycles. The summed E-state index contributed by atoms with van der Waals surface area (Å²) in [6.07, 6.45) is 15.3. The van der Waals surface area contributed by atoms with Gasteiger partial charge in [-0.05, 0) is 44.4 Å². The van der Waals surface area contributed by atoms with Crippen LogP contribution in [0.2, 0.25) is 0 Å². The third-order valence-corrected chi connectivity index (χ3v) is 3.17. The van der Waals surface area contributed by atoms with E-state index < -0.39 is 0 Å². The van der Waals surface area contributed by atoms with E-state index in [2.05, 4.69) is 25.7 Å². The SMILES string of the molecule is C=CC1CCCCC=C(CCCC)C1. The lowest BCUT2D eigenvalue weighted by Crippen LogP contribution is -2.01. The van der Waals surface area contributed by atoms with E-state index in [0.29, 0.717) is 0 Å². The van der Waals surface area contributed by atoms with Crippen molar-refractivity contribution in [3.05, 3.63) is 24.3 Å². The van der Waals surface area contributed by atoms with Crippen LogP contribution in [0.15, 0.2) is 24.3 Å². The first-order valence-electron chi connectivity index (χ1n) is 6.17. The van der Waals surface area contributed by atoms with Crippen molar-refractivity contribution in [2.24, 2.45) is 5.92 Å². The summed E-state index contributed by atoms with van der Waals surface area (Å²) in [6, 6.07) is 0. The highest BCUT2D eigenvalue weighted by atomic mass is 14.1. The van der Waals surface area contributed by atoms with Gasteiger partial charge in [-0.25, -0.2) is 0 Å². The Labute approximate surface area is 89.1 Å². The number of unbranched alkanes of at least 4 members (excludes halogenated alkanes) is 1. The fourth-order valence-corrected chi connectivity index (χ4v) is 2.19. The highest BCUT2D eigenvalue weighted by Crippen LogP contribution is 2.26. The molecule has 0 N–H and O–H groups in total. The summed E-state index contributed by atoms with van der Waals surface area (Å²) in [5, 5.41) is 0. The Hall–Kier alpha value is -0.520. The van der Waals surface area contributed by atoms with Crippen LogP contribution in [0.3, 0.4) is 0 Å². The average Bonchev–Trinajstić information content (AvgIpc) is 2.17. The summed E-state index contributed by atoms with van der Waals surface area (Å²) in [5.74, 6) is 0.749. The van der Waals surface area contributed by atoms with Crippen LogP contribution in [0.4, 0.5) is 0 Å². The van der Waals surface area contributed by atoms with Crippen molar-refractivity contribution in [3.8, 4) is 0 Å². The lowest BCUT2D eigenvalue weighted by molar-refractivity contribution is 0.517. The van der Waals surface area contributed by atoms with Gasteiger partial charge >= 0.3 is 0 Å². The molecule has 0 aromatic rings. The van der Waals surface area contributed by atoms with Crippen LogP contribution in [0, 0.1) is 5.92 Å². The van der Waals surface area contributed by atoms with Crippen LogP contribution in [0.25, 0.3) is 0 Å². The van der Waals surface area contributed by atoms with E-state index in [0.717, 1.165) is 5.92 Å². The molecule has 0 amide bonds. The van der Waals surface area contributed by atoms with Gasteiger partial charge in [0, 0.05) is 0 Å². The molecule has 1 rings (SSSR count). The zero-order chi connectivity index (χ0) is 10.2. The first kappa shape index (κ1) is 11.6. The molecule has 80 valence electrons. The van der Waals surface area contributed by atoms with Crippen molar-refractivity contribution < 1.29 is 0 Å². The Bertz CT molecular complexity index is 188. The Balaban J connectivity index is 2.46. The topological polar surface area (TPSA) is 0 Å². The van der Waals surface area contributed by atoms with Crippen LogP contribution >= 0.6 is 0 Å². The second-order valence-corrected chi connectivity index (χ2v) is 4.45. The summed E-state index contributed by atoms with van der Waals surface area (Å²) in [4.78, 5) is 0. The Morgan fingerprint density at radius 1 is 1.50 bits per heavy atom. The third kappa shape index (κ3) is 4.13. The molecule has 0 saturated heterocycles. The van der Waals surface area contributed by atoms with Gasteiger partial charge in [-0.3, -0.25) is 0 Å². The molecule has 0 aromatic carbocycles. The second kappa shape index (κ2) is 6.86. The van der Waals surface area contributed by atoms with E-state index in [1.807, 2.05) is 0 Å². The van der Waals surface area contributed by atoms with Gasteiger partial charge in [-0.2, -0.15) is 0 Å². The quantitative estimate of drug-likeness (QED) is 0.557. The predicted molar refractivity (Wildman–Crippen MR) is 64.4 cm³/mol. The molecule has 0 bridgehead atoms. The van der Waals surface area contributed by atoms with E-state index in [-0.39, 0.29) is 0 Å². The minimum Gasteiger partial charge on any atom is -0.103 e. The van der Waals surface area contributed by atoms with Crippen molar-refractivity contribution in [2.75, 3.05) is 0 Å². The molecule has 1 aliphatic rings. The zero-order valence-electron chi connectivity index (χ0n) is 9.60. The fourth-order valence-electron chi connectivity index (χ4n) is 2.19. The van der Waals surface area contributed by atoms with Crippen LogP contribution in [-0.4, -0.2) is 0 Å². The predicted octanol–water partition coefficient (Wildman–Crippen LogP) is 4.87. The molecular formula is C14H24. The van der Waals surface area contributed by atoms with E-state index >= 15 is 0 Å². The first-order chi connectivity index (χ1) is 6.86. The van der Waals surface area contributed by atoms with Crippen molar-refractivity contribution >= 4 is 0 Å². The molecule has 1 aliphatic carbocycles. The van der Waals surface area contributed by atoms with E-state index in [1.54, 1.807) is 5.57 Å².